The Hall–Kier alpha value is -3.90. The van der Waals surface area contributed by atoms with Crippen LogP contribution >= 0.6 is 0 Å². The van der Waals surface area contributed by atoms with Crippen LogP contribution in [0.4, 0.5) is 24.5 Å². The summed E-state index contributed by atoms with van der Waals surface area (Å²) in [5.41, 5.74) is 1.46. The second-order valence-electron chi connectivity index (χ2n) is 7.90. The van der Waals surface area contributed by atoms with Crippen molar-refractivity contribution < 1.29 is 27.6 Å². The topological polar surface area (TPSA) is 124 Å². The van der Waals surface area contributed by atoms with Gasteiger partial charge in [0, 0.05) is 38.3 Å². The maximum absolute atomic E-state index is 12.8. The van der Waals surface area contributed by atoms with Crippen molar-refractivity contribution in [2.45, 2.75) is 32.9 Å². The van der Waals surface area contributed by atoms with E-state index in [1.54, 1.807) is 11.7 Å². The van der Waals surface area contributed by atoms with Gasteiger partial charge in [-0.25, -0.2) is 9.67 Å². The van der Waals surface area contributed by atoms with Crippen LogP contribution in [0.2, 0.25) is 0 Å². The number of alkyl halides is 3. The number of halogens is 3. The highest BCUT2D eigenvalue weighted by Crippen LogP contribution is 2.35. The lowest BCUT2D eigenvalue weighted by molar-refractivity contribution is -0.384. The molecule has 0 unspecified atom stereocenters. The molecule has 2 heterocycles. The van der Waals surface area contributed by atoms with Gasteiger partial charge in [-0.2, -0.15) is 13.2 Å². The van der Waals surface area contributed by atoms with Crippen LogP contribution in [-0.4, -0.2) is 45.8 Å². The van der Waals surface area contributed by atoms with Crippen LogP contribution in [0.15, 0.2) is 18.2 Å². The minimum absolute atomic E-state index is 0.0618. The van der Waals surface area contributed by atoms with Gasteiger partial charge in [0.1, 0.15) is 5.69 Å². The van der Waals surface area contributed by atoms with Gasteiger partial charge < -0.3 is 15.4 Å². The summed E-state index contributed by atoms with van der Waals surface area (Å²) >= 11 is 0. The van der Waals surface area contributed by atoms with Gasteiger partial charge >= 0.3 is 6.18 Å². The maximum Gasteiger partial charge on any atom is 0.416 e. The van der Waals surface area contributed by atoms with E-state index < -0.39 is 22.4 Å². The number of hydrogen-bond donors (Lipinski definition) is 2. The van der Waals surface area contributed by atoms with Crippen LogP contribution in [0.25, 0.3) is 11.0 Å². The van der Waals surface area contributed by atoms with Gasteiger partial charge in [0.15, 0.2) is 5.65 Å². The van der Waals surface area contributed by atoms with E-state index in [1.807, 2.05) is 13.8 Å². The summed E-state index contributed by atoms with van der Waals surface area (Å²) in [6, 6.07) is 2.25. The van der Waals surface area contributed by atoms with Crippen LogP contribution in [0.5, 0.6) is 5.88 Å². The number of methoxy groups -OCH3 is 1. The number of benzene rings is 1. The number of anilines is 1. The first-order valence-corrected chi connectivity index (χ1v) is 10.7. The summed E-state index contributed by atoms with van der Waals surface area (Å²) in [5, 5.41) is 21.6. The van der Waals surface area contributed by atoms with Crippen LogP contribution in [0.1, 0.15) is 28.8 Å². The standard InChI is InChI=1S/C22H25F3N6O4/c1-12-15(13(2)28-20-19(12)21(35-4)29-30(20)3)6-8-18(32)27-10-9-26-16-7-5-14(22(23,24)25)11-17(16)31(33)34/h5,7,11,26H,6,8-10H2,1-4H3,(H,27,32). The number of ether oxygens (including phenoxy) is 1. The molecule has 2 N–H and O–H groups in total. The molecule has 0 saturated heterocycles. The summed E-state index contributed by atoms with van der Waals surface area (Å²) in [6.45, 7) is 4.01. The molecule has 1 aromatic carbocycles. The fraction of sp³-hybridized carbons (Fsp3) is 0.409. The number of nitrogens with one attached hydrogen (secondary N) is 2. The van der Waals surface area contributed by atoms with Crippen LogP contribution in [0.3, 0.4) is 0 Å². The number of aromatic nitrogens is 3. The van der Waals surface area contributed by atoms with Crippen molar-refractivity contribution in [1.82, 2.24) is 20.1 Å². The molecule has 0 aliphatic carbocycles. The van der Waals surface area contributed by atoms with Crippen molar-refractivity contribution in [1.29, 1.82) is 0 Å². The van der Waals surface area contributed by atoms with Gasteiger partial charge in [-0.15, -0.1) is 5.10 Å². The molecule has 1 amide bonds. The van der Waals surface area contributed by atoms with Gasteiger partial charge in [-0.05, 0) is 43.5 Å². The van der Waals surface area contributed by atoms with Crippen molar-refractivity contribution >= 4 is 28.3 Å². The molecule has 0 spiro atoms. The number of amides is 1. The highest BCUT2D eigenvalue weighted by Gasteiger charge is 2.33. The summed E-state index contributed by atoms with van der Waals surface area (Å²) in [5.74, 6) is 0.215. The van der Waals surface area contributed by atoms with Crippen molar-refractivity contribution in [3.05, 3.63) is 50.7 Å². The third-order valence-electron chi connectivity index (χ3n) is 5.60. The zero-order chi connectivity index (χ0) is 25.9. The number of nitro benzene ring substituents is 1. The molecule has 0 bridgehead atoms. The Kier molecular flexibility index (Phi) is 7.46. The largest absolute Gasteiger partial charge is 0.479 e. The van der Waals surface area contributed by atoms with E-state index in [9.17, 15) is 28.1 Å². The van der Waals surface area contributed by atoms with E-state index in [1.165, 1.54) is 7.11 Å². The number of rotatable bonds is 9. The molecule has 0 aliphatic heterocycles. The molecule has 0 saturated carbocycles. The predicted octanol–water partition coefficient (Wildman–Crippen LogP) is 3.68. The fourth-order valence-corrected chi connectivity index (χ4v) is 3.84. The van der Waals surface area contributed by atoms with Crippen LogP contribution in [0, 0.1) is 24.0 Å². The molecule has 188 valence electrons. The molecule has 0 aliphatic rings. The second kappa shape index (κ2) is 10.2. The Balaban J connectivity index is 1.58. The minimum Gasteiger partial charge on any atom is -0.479 e. The zero-order valence-electron chi connectivity index (χ0n) is 19.6. The number of nitrogens with zero attached hydrogens (tertiary/aromatic N) is 4. The van der Waals surface area contributed by atoms with E-state index >= 15 is 0 Å². The van der Waals surface area contributed by atoms with Gasteiger partial charge in [-0.3, -0.25) is 14.9 Å². The average molecular weight is 494 g/mol. The third-order valence-corrected chi connectivity index (χ3v) is 5.60. The third kappa shape index (κ3) is 5.61. The summed E-state index contributed by atoms with van der Waals surface area (Å²) in [4.78, 5) is 27.2. The Bertz CT molecular complexity index is 1270. The Morgan fingerprint density at radius 2 is 1.97 bits per heavy atom. The molecule has 10 nitrogen and oxygen atoms in total. The Morgan fingerprint density at radius 1 is 1.26 bits per heavy atom. The van der Waals surface area contributed by atoms with E-state index in [-0.39, 0.29) is 31.1 Å². The van der Waals surface area contributed by atoms with Crippen molar-refractivity contribution in [3.8, 4) is 5.88 Å². The molecule has 13 heteroatoms. The number of carbonyl (C=O) groups excluding carboxylic acids is 1. The molecule has 3 rings (SSSR count). The molecular weight excluding hydrogens is 469 g/mol. The molecule has 2 aromatic heterocycles. The smallest absolute Gasteiger partial charge is 0.416 e. The summed E-state index contributed by atoms with van der Waals surface area (Å²) in [7, 11) is 3.30. The molecule has 0 fully saturated rings. The number of fused-ring (bicyclic) bond motifs is 1. The van der Waals surface area contributed by atoms with Gasteiger partial charge in [0.25, 0.3) is 5.69 Å². The lowest BCUT2D eigenvalue weighted by Crippen LogP contribution is -2.29. The molecule has 0 atom stereocenters. The number of nitro groups is 1. The Labute approximate surface area is 198 Å². The van der Waals surface area contributed by atoms with Crippen molar-refractivity contribution in [2.75, 3.05) is 25.5 Å². The van der Waals surface area contributed by atoms with Crippen molar-refractivity contribution in [3.63, 3.8) is 0 Å². The van der Waals surface area contributed by atoms with E-state index in [2.05, 4.69) is 20.7 Å². The highest BCUT2D eigenvalue weighted by molar-refractivity contribution is 5.86. The number of pyridine rings is 1. The van der Waals surface area contributed by atoms with E-state index in [4.69, 9.17) is 4.74 Å². The van der Waals surface area contributed by atoms with Crippen LogP contribution < -0.4 is 15.4 Å². The monoisotopic (exact) mass is 494 g/mol. The number of hydrogen-bond acceptors (Lipinski definition) is 7. The van der Waals surface area contributed by atoms with Gasteiger partial charge in [-0.1, -0.05) is 0 Å². The first-order chi connectivity index (χ1) is 16.4. The minimum atomic E-state index is -4.68. The van der Waals surface area contributed by atoms with E-state index in [0.717, 1.165) is 34.3 Å². The SMILES string of the molecule is COc1nn(C)c2nc(C)c(CCC(=O)NCCNc3ccc(C(F)(F)F)cc3[N+](=O)[O-])c(C)c12. The van der Waals surface area contributed by atoms with Gasteiger partial charge in [0.05, 0.1) is 23.0 Å². The number of carbonyl (C=O) groups is 1. The Morgan fingerprint density at radius 3 is 2.60 bits per heavy atom. The summed E-state index contributed by atoms with van der Waals surface area (Å²) < 4.78 is 45.4. The van der Waals surface area contributed by atoms with Crippen LogP contribution in [-0.2, 0) is 24.4 Å². The first-order valence-electron chi connectivity index (χ1n) is 10.7. The normalized spacial score (nSPS) is 11.5. The molecular formula is C22H25F3N6O4. The molecule has 3 aromatic rings. The highest BCUT2D eigenvalue weighted by atomic mass is 19.4. The average Bonchev–Trinajstić information content (AvgIpc) is 3.11. The molecule has 0 radical (unpaired) electrons. The summed E-state index contributed by atoms with van der Waals surface area (Å²) in [6.07, 6.45) is -4.07. The number of aryl methyl sites for hydroxylation is 3. The zero-order valence-corrected chi connectivity index (χ0v) is 19.6. The predicted molar refractivity (Wildman–Crippen MR) is 122 cm³/mol. The molecule has 35 heavy (non-hydrogen) atoms. The van der Waals surface area contributed by atoms with E-state index in [0.29, 0.717) is 24.0 Å². The van der Waals surface area contributed by atoms with Crippen molar-refractivity contribution in [2.24, 2.45) is 7.05 Å². The first kappa shape index (κ1) is 25.7. The maximum atomic E-state index is 12.8. The fourth-order valence-electron chi connectivity index (χ4n) is 3.84. The van der Waals surface area contributed by atoms with Gasteiger partial charge in [0.2, 0.25) is 11.8 Å². The lowest BCUT2D eigenvalue weighted by Gasteiger charge is -2.12. The second-order valence-corrected chi connectivity index (χ2v) is 7.90. The lowest BCUT2D eigenvalue weighted by atomic mass is 10.00. The quantitative estimate of drug-likeness (QED) is 0.264.